The number of aromatic nitrogens is 1. The second-order valence-corrected chi connectivity index (χ2v) is 7.15. The number of carbonyl (C=O) groups excluding carboxylic acids is 2. The first kappa shape index (κ1) is 17.4. The summed E-state index contributed by atoms with van der Waals surface area (Å²) in [5.74, 6) is -0.617. The van der Waals surface area contributed by atoms with Gasteiger partial charge in [-0.3, -0.25) is 9.59 Å². The molecule has 2 N–H and O–H groups in total. The number of amides is 2. The Morgan fingerprint density at radius 1 is 1.20 bits per heavy atom. The summed E-state index contributed by atoms with van der Waals surface area (Å²) in [5, 5.41) is 6.51. The average molecular weight is 374 g/mol. The molecule has 7 heteroatoms. The van der Waals surface area contributed by atoms with Gasteiger partial charge in [-0.15, -0.1) is 0 Å². The van der Waals surface area contributed by atoms with Gasteiger partial charge in [-0.05, 0) is 44.2 Å². The molecule has 3 rings (SSSR count). The molecule has 2 amide bonds. The van der Waals surface area contributed by atoms with Crippen LogP contribution in [-0.2, 0) is 4.79 Å². The monoisotopic (exact) mass is 373 g/mol. The van der Waals surface area contributed by atoms with Crippen LogP contribution in [0.15, 0.2) is 42.5 Å². The minimum atomic E-state index is -0.691. The number of hydrogen-bond donors (Lipinski definition) is 2. The number of hydrogen-bond acceptors (Lipinski definition) is 4. The van der Waals surface area contributed by atoms with Crippen LogP contribution in [0.2, 0.25) is 5.02 Å². The summed E-state index contributed by atoms with van der Waals surface area (Å²) in [4.78, 5) is 28.9. The van der Waals surface area contributed by atoms with Crippen LogP contribution in [-0.4, -0.2) is 22.8 Å². The lowest BCUT2D eigenvalue weighted by Crippen LogP contribution is -2.41. The molecule has 0 saturated carbocycles. The predicted octanol–water partition coefficient (Wildman–Crippen LogP) is 4.02. The van der Waals surface area contributed by atoms with E-state index in [9.17, 15) is 9.59 Å². The topological polar surface area (TPSA) is 71.1 Å². The van der Waals surface area contributed by atoms with Gasteiger partial charge in [-0.25, -0.2) is 4.98 Å². The summed E-state index contributed by atoms with van der Waals surface area (Å²) < 4.78 is 0.888. The van der Waals surface area contributed by atoms with Crippen LogP contribution < -0.4 is 10.6 Å². The van der Waals surface area contributed by atoms with Crippen molar-refractivity contribution >= 4 is 50.1 Å². The molecular formula is C18H16ClN3O2S. The minimum absolute atomic E-state index is 0.289. The van der Waals surface area contributed by atoms with Crippen LogP contribution in [0.3, 0.4) is 0 Å². The van der Waals surface area contributed by atoms with E-state index in [-0.39, 0.29) is 11.8 Å². The fourth-order valence-corrected chi connectivity index (χ4v) is 3.44. The van der Waals surface area contributed by atoms with Crippen molar-refractivity contribution in [2.45, 2.75) is 19.9 Å². The van der Waals surface area contributed by atoms with Crippen LogP contribution in [0, 0.1) is 6.92 Å². The van der Waals surface area contributed by atoms with E-state index < -0.39 is 6.04 Å². The molecule has 0 fully saturated rings. The van der Waals surface area contributed by atoms with Crippen molar-refractivity contribution in [3.63, 3.8) is 0 Å². The number of rotatable bonds is 4. The molecule has 0 bridgehead atoms. The highest BCUT2D eigenvalue weighted by atomic mass is 35.5. The Morgan fingerprint density at radius 2 is 2.00 bits per heavy atom. The smallest absolute Gasteiger partial charge is 0.251 e. The highest BCUT2D eigenvalue weighted by Gasteiger charge is 2.18. The number of thiazole rings is 1. The van der Waals surface area contributed by atoms with Crippen molar-refractivity contribution in [2.75, 3.05) is 5.32 Å². The van der Waals surface area contributed by atoms with E-state index in [0.717, 1.165) is 15.8 Å². The van der Waals surface area contributed by atoms with Gasteiger partial charge in [0.25, 0.3) is 5.91 Å². The third-order valence-electron chi connectivity index (χ3n) is 3.60. The molecule has 3 aromatic rings. The van der Waals surface area contributed by atoms with E-state index in [4.69, 9.17) is 11.6 Å². The third kappa shape index (κ3) is 4.15. The first-order valence-electron chi connectivity index (χ1n) is 7.67. The highest BCUT2D eigenvalue weighted by Crippen LogP contribution is 2.28. The van der Waals surface area contributed by atoms with Gasteiger partial charge in [0, 0.05) is 10.6 Å². The first-order chi connectivity index (χ1) is 11.9. The van der Waals surface area contributed by atoms with E-state index in [1.54, 1.807) is 43.3 Å². The highest BCUT2D eigenvalue weighted by molar-refractivity contribution is 7.22. The fourth-order valence-electron chi connectivity index (χ4n) is 2.30. The molecule has 1 aromatic heterocycles. The van der Waals surface area contributed by atoms with Gasteiger partial charge in [-0.1, -0.05) is 40.6 Å². The summed E-state index contributed by atoms with van der Waals surface area (Å²) in [5.41, 5.74) is 2.27. The number of halogens is 1. The normalized spacial score (nSPS) is 12.0. The number of benzene rings is 2. The van der Waals surface area contributed by atoms with E-state index >= 15 is 0 Å². The zero-order chi connectivity index (χ0) is 18.0. The van der Waals surface area contributed by atoms with Crippen molar-refractivity contribution in [2.24, 2.45) is 0 Å². The first-order valence-corrected chi connectivity index (χ1v) is 8.86. The summed E-state index contributed by atoms with van der Waals surface area (Å²) >= 11 is 7.29. The van der Waals surface area contributed by atoms with Gasteiger partial charge >= 0.3 is 0 Å². The standard InChI is InChI=1S/C18H16ClN3O2S/c1-10-4-3-5-12(8-10)17(24)20-11(2)16(23)22-18-21-14-7-6-13(19)9-15(14)25-18/h3-9,11H,1-2H3,(H,20,24)(H,21,22,23)/t11-/m0/s1. The van der Waals surface area contributed by atoms with Crippen LogP contribution in [0.1, 0.15) is 22.8 Å². The number of nitrogens with one attached hydrogen (secondary N) is 2. The van der Waals surface area contributed by atoms with Gasteiger partial charge < -0.3 is 10.6 Å². The number of fused-ring (bicyclic) bond motifs is 1. The summed E-state index contributed by atoms with van der Waals surface area (Å²) in [6.07, 6.45) is 0. The maximum Gasteiger partial charge on any atom is 0.251 e. The molecule has 0 unspecified atom stereocenters. The molecule has 1 heterocycles. The van der Waals surface area contributed by atoms with Gasteiger partial charge in [-0.2, -0.15) is 0 Å². The Morgan fingerprint density at radius 3 is 2.76 bits per heavy atom. The van der Waals surface area contributed by atoms with Gasteiger partial charge in [0.05, 0.1) is 10.2 Å². The molecule has 1 atom stereocenters. The average Bonchev–Trinajstić information content (AvgIpc) is 2.95. The molecular weight excluding hydrogens is 358 g/mol. The van der Waals surface area contributed by atoms with Gasteiger partial charge in [0.2, 0.25) is 5.91 Å². The Balaban J connectivity index is 1.66. The van der Waals surface area contributed by atoms with Gasteiger partial charge in [0.1, 0.15) is 6.04 Å². The summed E-state index contributed by atoms with van der Waals surface area (Å²) in [6.45, 7) is 3.54. The van der Waals surface area contributed by atoms with Crippen molar-refractivity contribution in [1.29, 1.82) is 0 Å². The molecule has 5 nitrogen and oxygen atoms in total. The van der Waals surface area contributed by atoms with E-state index in [1.165, 1.54) is 11.3 Å². The van der Waals surface area contributed by atoms with E-state index in [2.05, 4.69) is 15.6 Å². The Bertz CT molecular complexity index is 954. The van der Waals surface area contributed by atoms with E-state index in [1.807, 2.05) is 13.0 Å². The fraction of sp³-hybridized carbons (Fsp3) is 0.167. The van der Waals surface area contributed by atoms with Crippen molar-refractivity contribution < 1.29 is 9.59 Å². The minimum Gasteiger partial charge on any atom is -0.341 e. The SMILES string of the molecule is Cc1cccc(C(=O)N[C@@H](C)C(=O)Nc2nc3ccc(Cl)cc3s2)c1. The second kappa shape index (κ2) is 7.21. The maximum atomic E-state index is 12.3. The van der Waals surface area contributed by atoms with Crippen molar-refractivity contribution in [3.05, 3.63) is 58.6 Å². The van der Waals surface area contributed by atoms with Crippen LogP contribution in [0.4, 0.5) is 5.13 Å². The summed E-state index contributed by atoms with van der Waals surface area (Å²) in [6, 6.07) is 11.9. The number of nitrogens with zero attached hydrogens (tertiary/aromatic N) is 1. The largest absolute Gasteiger partial charge is 0.341 e. The Labute approximate surface area is 154 Å². The Hall–Kier alpha value is -2.44. The molecule has 25 heavy (non-hydrogen) atoms. The summed E-state index contributed by atoms with van der Waals surface area (Å²) in [7, 11) is 0. The van der Waals surface area contributed by atoms with Gasteiger partial charge in [0.15, 0.2) is 5.13 Å². The molecule has 0 saturated heterocycles. The number of anilines is 1. The molecule has 0 spiro atoms. The molecule has 128 valence electrons. The van der Waals surface area contributed by atoms with Crippen LogP contribution in [0.5, 0.6) is 0 Å². The lowest BCUT2D eigenvalue weighted by molar-refractivity contribution is -0.117. The maximum absolute atomic E-state index is 12.3. The van der Waals surface area contributed by atoms with Crippen molar-refractivity contribution in [3.8, 4) is 0 Å². The lowest BCUT2D eigenvalue weighted by Gasteiger charge is -2.13. The van der Waals surface area contributed by atoms with Crippen LogP contribution >= 0.6 is 22.9 Å². The lowest BCUT2D eigenvalue weighted by atomic mass is 10.1. The Kier molecular flexibility index (Phi) is 5.01. The zero-order valence-corrected chi connectivity index (χ0v) is 15.2. The zero-order valence-electron chi connectivity index (χ0n) is 13.7. The number of carbonyl (C=O) groups is 2. The molecule has 0 aliphatic heterocycles. The molecule has 2 aromatic carbocycles. The molecule has 0 aliphatic rings. The van der Waals surface area contributed by atoms with Crippen LogP contribution in [0.25, 0.3) is 10.2 Å². The predicted molar refractivity (Wildman–Crippen MR) is 101 cm³/mol. The quantitative estimate of drug-likeness (QED) is 0.725. The second-order valence-electron chi connectivity index (χ2n) is 5.68. The van der Waals surface area contributed by atoms with E-state index in [0.29, 0.717) is 15.7 Å². The van der Waals surface area contributed by atoms with Crippen molar-refractivity contribution in [1.82, 2.24) is 10.3 Å². The molecule has 0 radical (unpaired) electrons. The third-order valence-corrected chi connectivity index (χ3v) is 4.77. The number of aryl methyl sites for hydroxylation is 1. The molecule has 0 aliphatic carbocycles.